The lowest BCUT2D eigenvalue weighted by molar-refractivity contribution is 0.563. The monoisotopic (exact) mass is 257 g/mol. The number of sulfonamides is 2. The molecule has 0 aliphatic rings. The van der Waals surface area contributed by atoms with Crippen LogP contribution in [0.15, 0.2) is 0 Å². The summed E-state index contributed by atoms with van der Waals surface area (Å²) >= 11 is 0. The third kappa shape index (κ3) is 7.75. The van der Waals surface area contributed by atoms with E-state index in [2.05, 4.69) is 0 Å². The summed E-state index contributed by atoms with van der Waals surface area (Å²) < 4.78 is 47.1. The van der Waals surface area contributed by atoms with E-state index in [0.717, 1.165) is 0 Å². The van der Waals surface area contributed by atoms with E-state index in [4.69, 9.17) is 0 Å². The van der Waals surface area contributed by atoms with Gasteiger partial charge >= 0.3 is 0 Å². The average Bonchev–Trinajstić information content (AvgIpc) is 1.73. The molecule has 0 aromatic heterocycles. The Morgan fingerprint density at radius 1 is 0.800 bits per heavy atom. The Hall–Kier alpha value is -0.140. The molecule has 0 rings (SSSR count). The van der Waals surface area contributed by atoms with E-state index < -0.39 is 20.0 Å². The van der Waals surface area contributed by atoms with Crippen LogP contribution >= 0.6 is 0 Å². The van der Waals surface area contributed by atoms with Crippen LogP contribution in [0.3, 0.4) is 0 Å². The highest BCUT2D eigenvalue weighted by molar-refractivity contribution is 8.04. The van der Waals surface area contributed by atoms with Crippen LogP contribution in [0.4, 0.5) is 0 Å². The van der Waals surface area contributed by atoms with Gasteiger partial charge in [0.1, 0.15) is 0 Å². The Kier molecular flexibility index (Phi) is 5.22. The van der Waals surface area contributed by atoms with Crippen molar-refractivity contribution in [1.82, 2.24) is 4.13 Å². The summed E-state index contributed by atoms with van der Waals surface area (Å²) in [5.74, 6) is -0.553. The highest BCUT2D eigenvalue weighted by Gasteiger charge is 2.22. The van der Waals surface area contributed by atoms with Crippen LogP contribution in [-0.4, -0.2) is 28.3 Å². The van der Waals surface area contributed by atoms with E-state index in [-0.39, 0.29) is 23.3 Å². The Labute approximate surface area is 92.4 Å². The molecule has 0 aromatic rings. The number of rotatable bonds is 6. The molecule has 0 amide bonds. The van der Waals surface area contributed by atoms with Crippen LogP contribution in [-0.2, 0) is 20.0 Å². The van der Waals surface area contributed by atoms with Crippen molar-refractivity contribution in [1.29, 1.82) is 0 Å². The minimum atomic E-state index is -3.72. The predicted octanol–water partition coefficient (Wildman–Crippen LogP) is 0.548. The van der Waals surface area contributed by atoms with Gasteiger partial charge in [0.15, 0.2) is 0 Å². The summed E-state index contributed by atoms with van der Waals surface area (Å²) in [4.78, 5) is 0. The predicted molar refractivity (Wildman–Crippen MR) is 60.4 cm³/mol. The van der Waals surface area contributed by atoms with E-state index in [1.807, 2.05) is 0 Å². The van der Waals surface area contributed by atoms with E-state index in [9.17, 15) is 16.8 Å². The summed E-state index contributed by atoms with van der Waals surface area (Å²) in [5, 5.41) is 0. The van der Waals surface area contributed by atoms with E-state index in [1.54, 1.807) is 31.8 Å². The van der Waals surface area contributed by atoms with Gasteiger partial charge in [0.2, 0.25) is 20.0 Å². The molecule has 0 aromatic carbocycles. The first-order valence-corrected chi connectivity index (χ1v) is 8.08. The largest absolute Gasteiger partial charge is 0.224 e. The fraction of sp³-hybridized carbons (Fsp3) is 1.00. The second-order valence-electron chi connectivity index (χ2n) is 4.43. The first kappa shape index (κ1) is 14.9. The Morgan fingerprint density at radius 3 is 1.27 bits per heavy atom. The molecule has 0 atom stereocenters. The van der Waals surface area contributed by atoms with Crippen LogP contribution in [0.1, 0.15) is 27.7 Å². The van der Waals surface area contributed by atoms with Crippen LogP contribution < -0.4 is 4.13 Å². The molecular weight excluding hydrogens is 238 g/mol. The fourth-order valence-electron chi connectivity index (χ4n) is 1.14. The minimum Gasteiger partial charge on any atom is -0.211 e. The van der Waals surface area contributed by atoms with Gasteiger partial charge in [-0.3, -0.25) is 0 Å². The maximum Gasteiger partial charge on any atom is 0.224 e. The molecule has 0 bridgehead atoms. The lowest BCUT2D eigenvalue weighted by atomic mass is 10.3. The lowest BCUT2D eigenvalue weighted by Gasteiger charge is -2.10. The molecule has 0 radical (unpaired) electrons. The summed E-state index contributed by atoms with van der Waals surface area (Å²) in [7, 11) is -7.44. The second-order valence-corrected chi connectivity index (χ2v) is 8.23. The third-order valence-corrected chi connectivity index (χ3v) is 5.60. The van der Waals surface area contributed by atoms with Crippen molar-refractivity contribution in [3.8, 4) is 0 Å². The van der Waals surface area contributed by atoms with Crippen molar-refractivity contribution in [2.75, 3.05) is 11.5 Å². The van der Waals surface area contributed by atoms with Crippen molar-refractivity contribution in [2.24, 2.45) is 11.8 Å². The maximum atomic E-state index is 11.3. The molecule has 0 heterocycles. The van der Waals surface area contributed by atoms with Crippen LogP contribution in [0.2, 0.25) is 0 Å². The molecule has 15 heavy (non-hydrogen) atoms. The first-order chi connectivity index (χ1) is 6.54. The van der Waals surface area contributed by atoms with E-state index >= 15 is 0 Å². The molecule has 7 heteroatoms. The smallest absolute Gasteiger partial charge is 0.211 e. The van der Waals surface area contributed by atoms with E-state index in [0.29, 0.717) is 0 Å². The zero-order valence-corrected chi connectivity index (χ0v) is 11.2. The second kappa shape index (κ2) is 5.27. The average molecular weight is 257 g/mol. The Balaban J connectivity index is 4.60. The van der Waals surface area contributed by atoms with E-state index in [1.165, 1.54) is 0 Å². The quantitative estimate of drug-likeness (QED) is 0.753. The van der Waals surface area contributed by atoms with Gasteiger partial charge in [0.25, 0.3) is 0 Å². The summed E-state index contributed by atoms with van der Waals surface area (Å²) in [5.41, 5.74) is 0. The van der Waals surface area contributed by atoms with Crippen LogP contribution in [0.25, 0.3) is 0 Å². The Bertz CT molecular complexity index is 343. The highest BCUT2D eigenvalue weighted by atomic mass is 32.3. The molecule has 0 unspecified atom stereocenters. The van der Waals surface area contributed by atoms with Gasteiger partial charge in [-0.05, 0) is 11.8 Å². The van der Waals surface area contributed by atoms with Crippen molar-refractivity contribution in [3.63, 3.8) is 0 Å². The standard InChI is InChI=1S/C8H19NO4S2/c1-7(2)5-14(10,11)9-15(12,13)6-8(3)4/h7-9H,5-6H2,1-4H3. The first-order valence-electron chi connectivity index (χ1n) is 4.78. The lowest BCUT2D eigenvalue weighted by Crippen LogP contribution is -2.36. The van der Waals surface area contributed by atoms with Gasteiger partial charge in [-0.25, -0.2) is 16.8 Å². The van der Waals surface area contributed by atoms with Gasteiger partial charge < -0.3 is 0 Å². The minimum absolute atomic E-state index is 0.100. The summed E-state index contributed by atoms with van der Waals surface area (Å²) in [6.07, 6.45) is 0. The molecule has 0 spiro atoms. The van der Waals surface area contributed by atoms with Gasteiger partial charge in [-0.1, -0.05) is 27.7 Å². The maximum absolute atomic E-state index is 11.3. The van der Waals surface area contributed by atoms with Gasteiger partial charge in [-0.15, -0.1) is 4.13 Å². The summed E-state index contributed by atoms with van der Waals surface area (Å²) in [6, 6.07) is 0. The Morgan fingerprint density at radius 2 is 1.07 bits per heavy atom. The number of nitrogens with one attached hydrogen (secondary N) is 1. The van der Waals surface area contributed by atoms with Gasteiger partial charge in [0, 0.05) is 0 Å². The van der Waals surface area contributed by atoms with Gasteiger partial charge in [-0.2, -0.15) is 0 Å². The molecule has 0 aliphatic carbocycles. The fourth-order valence-corrected chi connectivity index (χ4v) is 4.99. The van der Waals surface area contributed by atoms with Crippen molar-refractivity contribution in [3.05, 3.63) is 0 Å². The van der Waals surface area contributed by atoms with Crippen LogP contribution in [0, 0.1) is 11.8 Å². The third-order valence-electron chi connectivity index (χ3n) is 1.36. The molecule has 0 aliphatic heterocycles. The summed E-state index contributed by atoms with van der Waals surface area (Å²) in [6.45, 7) is 6.87. The van der Waals surface area contributed by atoms with Crippen molar-refractivity contribution in [2.45, 2.75) is 27.7 Å². The molecule has 1 N–H and O–H groups in total. The van der Waals surface area contributed by atoms with Crippen LogP contribution in [0.5, 0.6) is 0 Å². The topological polar surface area (TPSA) is 80.3 Å². The molecule has 92 valence electrons. The van der Waals surface area contributed by atoms with Gasteiger partial charge in [0.05, 0.1) is 11.5 Å². The van der Waals surface area contributed by atoms with Crippen molar-refractivity contribution >= 4 is 20.0 Å². The van der Waals surface area contributed by atoms with Crippen molar-refractivity contribution < 1.29 is 16.8 Å². The zero-order valence-electron chi connectivity index (χ0n) is 9.52. The highest BCUT2D eigenvalue weighted by Crippen LogP contribution is 2.03. The molecule has 0 saturated carbocycles. The number of hydrogen-bond donors (Lipinski definition) is 1. The zero-order chi connectivity index (χ0) is 12.3. The molecular formula is C8H19NO4S2. The normalized spacial score (nSPS) is 13.7. The SMILES string of the molecule is CC(C)CS(=O)(=O)NS(=O)(=O)CC(C)C. The molecule has 5 nitrogen and oxygen atoms in total. The molecule has 0 saturated heterocycles. The number of hydrogen-bond acceptors (Lipinski definition) is 4. The molecule has 0 fully saturated rings.